The molecule has 0 bridgehead atoms. The molecule has 0 aromatic rings. The van der Waals surface area contributed by atoms with E-state index in [1.54, 1.807) is 0 Å². The first-order chi connectivity index (χ1) is 8.67. The standard InChI is InChI=1S/C15H28BrNO/c1-17(13-7-3-4-8-14(13)18)12-15(11-16)9-5-2-6-10-15/h13-14,18H,2-12H2,1H3. The van der Waals surface area contributed by atoms with Crippen LogP contribution >= 0.6 is 15.9 Å². The van der Waals surface area contributed by atoms with Gasteiger partial charge in [-0.15, -0.1) is 0 Å². The predicted octanol–water partition coefficient (Wildman–Crippen LogP) is 3.57. The molecule has 2 aliphatic rings. The number of hydrogen-bond acceptors (Lipinski definition) is 2. The highest BCUT2D eigenvalue weighted by Crippen LogP contribution is 2.39. The molecule has 0 aromatic carbocycles. The highest BCUT2D eigenvalue weighted by atomic mass is 79.9. The van der Waals surface area contributed by atoms with E-state index >= 15 is 0 Å². The van der Waals surface area contributed by atoms with Gasteiger partial charge in [0, 0.05) is 17.9 Å². The summed E-state index contributed by atoms with van der Waals surface area (Å²) in [6, 6.07) is 0.400. The first-order valence-corrected chi connectivity index (χ1v) is 8.73. The Bertz CT molecular complexity index is 253. The summed E-state index contributed by atoms with van der Waals surface area (Å²) in [4.78, 5) is 2.45. The largest absolute Gasteiger partial charge is 0.391 e. The van der Waals surface area contributed by atoms with E-state index in [0.717, 1.165) is 18.3 Å². The van der Waals surface area contributed by atoms with E-state index in [0.29, 0.717) is 11.5 Å². The van der Waals surface area contributed by atoms with Crippen LogP contribution in [0.2, 0.25) is 0 Å². The van der Waals surface area contributed by atoms with E-state index in [9.17, 15) is 5.11 Å². The summed E-state index contributed by atoms with van der Waals surface area (Å²) >= 11 is 3.75. The van der Waals surface area contributed by atoms with Crippen LogP contribution in [0.3, 0.4) is 0 Å². The van der Waals surface area contributed by atoms with E-state index in [4.69, 9.17) is 0 Å². The van der Waals surface area contributed by atoms with Gasteiger partial charge in [0.05, 0.1) is 6.10 Å². The molecular weight excluding hydrogens is 290 g/mol. The van der Waals surface area contributed by atoms with Gasteiger partial charge in [-0.1, -0.05) is 48.0 Å². The van der Waals surface area contributed by atoms with E-state index in [-0.39, 0.29) is 6.10 Å². The van der Waals surface area contributed by atoms with Crippen molar-refractivity contribution in [3.8, 4) is 0 Å². The van der Waals surface area contributed by atoms with Crippen LogP contribution in [-0.2, 0) is 0 Å². The molecule has 18 heavy (non-hydrogen) atoms. The minimum atomic E-state index is -0.0975. The number of nitrogens with zero attached hydrogens (tertiary/aromatic N) is 1. The predicted molar refractivity (Wildman–Crippen MR) is 80.2 cm³/mol. The molecule has 0 aliphatic heterocycles. The van der Waals surface area contributed by atoms with Crippen LogP contribution in [0, 0.1) is 5.41 Å². The molecule has 2 unspecified atom stereocenters. The third kappa shape index (κ3) is 3.49. The molecule has 106 valence electrons. The Morgan fingerprint density at radius 2 is 1.78 bits per heavy atom. The van der Waals surface area contributed by atoms with E-state index in [1.165, 1.54) is 51.4 Å². The van der Waals surface area contributed by atoms with Crippen molar-refractivity contribution in [2.75, 3.05) is 18.9 Å². The number of alkyl halides is 1. The van der Waals surface area contributed by atoms with Crippen LogP contribution in [0.4, 0.5) is 0 Å². The fraction of sp³-hybridized carbons (Fsp3) is 1.00. The lowest BCUT2D eigenvalue weighted by Crippen LogP contribution is -2.48. The quantitative estimate of drug-likeness (QED) is 0.801. The minimum absolute atomic E-state index is 0.0975. The number of rotatable bonds is 4. The maximum atomic E-state index is 10.2. The molecule has 0 amide bonds. The van der Waals surface area contributed by atoms with Crippen LogP contribution in [-0.4, -0.2) is 41.1 Å². The zero-order valence-corrected chi connectivity index (χ0v) is 13.3. The van der Waals surface area contributed by atoms with Gasteiger partial charge in [0.25, 0.3) is 0 Å². The van der Waals surface area contributed by atoms with E-state index < -0.39 is 0 Å². The van der Waals surface area contributed by atoms with Crippen LogP contribution in [0.1, 0.15) is 57.8 Å². The lowest BCUT2D eigenvalue weighted by Gasteiger charge is -2.43. The zero-order valence-electron chi connectivity index (χ0n) is 11.7. The van der Waals surface area contributed by atoms with Crippen molar-refractivity contribution in [3.05, 3.63) is 0 Å². The Labute approximate surface area is 120 Å². The summed E-state index contributed by atoms with van der Waals surface area (Å²) in [6.45, 7) is 1.15. The van der Waals surface area contributed by atoms with Crippen molar-refractivity contribution >= 4 is 15.9 Å². The van der Waals surface area contributed by atoms with Gasteiger partial charge in [0.1, 0.15) is 0 Å². The molecule has 2 rings (SSSR count). The van der Waals surface area contributed by atoms with Gasteiger partial charge in [-0.05, 0) is 38.1 Å². The van der Waals surface area contributed by atoms with Crippen molar-refractivity contribution in [3.63, 3.8) is 0 Å². The molecule has 0 aromatic heterocycles. The minimum Gasteiger partial charge on any atom is -0.391 e. The van der Waals surface area contributed by atoms with Gasteiger partial charge in [-0.2, -0.15) is 0 Å². The lowest BCUT2D eigenvalue weighted by molar-refractivity contribution is 0.00946. The topological polar surface area (TPSA) is 23.5 Å². The Morgan fingerprint density at radius 3 is 2.39 bits per heavy atom. The summed E-state index contributed by atoms with van der Waals surface area (Å²) in [5.74, 6) is 0. The van der Waals surface area contributed by atoms with Gasteiger partial charge in [-0.25, -0.2) is 0 Å². The van der Waals surface area contributed by atoms with Gasteiger partial charge in [0.2, 0.25) is 0 Å². The molecule has 2 saturated carbocycles. The summed E-state index contributed by atoms with van der Waals surface area (Å²) in [7, 11) is 2.22. The third-order valence-corrected chi connectivity index (χ3v) is 6.23. The first-order valence-electron chi connectivity index (χ1n) is 7.61. The van der Waals surface area contributed by atoms with Gasteiger partial charge < -0.3 is 10.0 Å². The normalized spacial score (nSPS) is 32.7. The van der Waals surface area contributed by atoms with Gasteiger partial charge in [0.15, 0.2) is 0 Å². The molecule has 0 spiro atoms. The highest BCUT2D eigenvalue weighted by Gasteiger charge is 2.35. The van der Waals surface area contributed by atoms with Crippen molar-refractivity contribution in [2.45, 2.75) is 69.9 Å². The summed E-state index contributed by atoms with van der Waals surface area (Å²) in [5, 5.41) is 11.3. The van der Waals surface area contributed by atoms with Crippen molar-refractivity contribution in [2.24, 2.45) is 5.41 Å². The number of aliphatic hydroxyl groups excluding tert-OH is 1. The average Bonchev–Trinajstić information content (AvgIpc) is 2.40. The van der Waals surface area contributed by atoms with E-state index in [2.05, 4.69) is 27.9 Å². The smallest absolute Gasteiger partial charge is 0.0695 e. The SMILES string of the molecule is CN(CC1(CBr)CCCCC1)C1CCCCC1O. The molecule has 2 atom stereocenters. The summed E-state index contributed by atoms with van der Waals surface area (Å²) < 4.78 is 0. The van der Waals surface area contributed by atoms with Crippen LogP contribution in [0.15, 0.2) is 0 Å². The first kappa shape index (κ1) is 14.8. The molecule has 2 aliphatic carbocycles. The maximum Gasteiger partial charge on any atom is 0.0695 e. The number of hydrogen-bond donors (Lipinski definition) is 1. The fourth-order valence-electron chi connectivity index (χ4n) is 3.89. The molecular formula is C15H28BrNO. The molecule has 0 saturated heterocycles. The monoisotopic (exact) mass is 317 g/mol. The number of likely N-dealkylation sites (N-methyl/N-ethyl adjacent to an activating group) is 1. The second kappa shape index (κ2) is 6.71. The van der Waals surface area contributed by atoms with Crippen LogP contribution in [0.25, 0.3) is 0 Å². The molecule has 2 fully saturated rings. The Kier molecular flexibility index (Phi) is 5.52. The molecule has 0 heterocycles. The maximum absolute atomic E-state index is 10.2. The lowest BCUT2D eigenvalue weighted by atomic mass is 9.75. The molecule has 2 nitrogen and oxygen atoms in total. The Morgan fingerprint density at radius 1 is 1.11 bits per heavy atom. The van der Waals surface area contributed by atoms with Gasteiger partial charge in [-0.3, -0.25) is 0 Å². The molecule has 0 radical (unpaired) electrons. The van der Waals surface area contributed by atoms with Crippen LogP contribution in [0.5, 0.6) is 0 Å². The molecule has 3 heteroatoms. The average molecular weight is 318 g/mol. The second-order valence-corrected chi connectivity index (χ2v) is 7.09. The van der Waals surface area contributed by atoms with Gasteiger partial charge >= 0.3 is 0 Å². The Hall–Kier alpha value is 0.400. The third-order valence-electron chi connectivity index (χ3n) is 5.04. The zero-order chi connectivity index (χ0) is 13.0. The van der Waals surface area contributed by atoms with Crippen molar-refractivity contribution < 1.29 is 5.11 Å². The second-order valence-electron chi connectivity index (χ2n) is 6.53. The number of halogens is 1. The fourth-order valence-corrected chi connectivity index (χ4v) is 4.63. The number of aliphatic hydroxyl groups is 1. The molecule has 1 N–H and O–H groups in total. The summed E-state index contributed by atoms with van der Waals surface area (Å²) in [6.07, 6.45) is 11.4. The van der Waals surface area contributed by atoms with E-state index in [1.807, 2.05) is 0 Å². The van der Waals surface area contributed by atoms with Crippen molar-refractivity contribution in [1.29, 1.82) is 0 Å². The van der Waals surface area contributed by atoms with Crippen molar-refractivity contribution in [1.82, 2.24) is 4.90 Å². The Balaban J connectivity index is 1.93. The summed E-state index contributed by atoms with van der Waals surface area (Å²) in [5.41, 5.74) is 0.462. The highest BCUT2D eigenvalue weighted by molar-refractivity contribution is 9.09. The van der Waals surface area contributed by atoms with Crippen LogP contribution < -0.4 is 0 Å².